The number of ether oxygens (including phenoxy) is 2. The molecule has 5 rings (SSSR count). The molecule has 2 N–H and O–H groups in total. The number of pyridine rings is 1. The molecule has 1 saturated heterocycles. The summed E-state index contributed by atoms with van der Waals surface area (Å²) in [5, 5.41) is 7.72. The molecule has 2 aliphatic heterocycles. The predicted octanol–water partition coefficient (Wildman–Crippen LogP) is 4.39. The van der Waals surface area contributed by atoms with Gasteiger partial charge in [-0.25, -0.2) is 0 Å². The molecule has 2 aromatic carbocycles. The van der Waals surface area contributed by atoms with Crippen LogP contribution in [0.3, 0.4) is 0 Å². The molecule has 7 nitrogen and oxygen atoms in total. The van der Waals surface area contributed by atoms with E-state index in [9.17, 15) is 4.79 Å². The van der Waals surface area contributed by atoms with E-state index < -0.39 is 5.54 Å². The van der Waals surface area contributed by atoms with Crippen LogP contribution in [0, 0.1) is 0 Å². The third kappa shape index (κ3) is 5.18. The molecule has 1 aromatic heterocycles. The van der Waals surface area contributed by atoms with Crippen LogP contribution in [0.25, 0.3) is 10.9 Å². The van der Waals surface area contributed by atoms with Crippen LogP contribution in [0.4, 0.5) is 5.69 Å². The zero-order chi connectivity index (χ0) is 24.4. The van der Waals surface area contributed by atoms with Gasteiger partial charge in [-0.2, -0.15) is 0 Å². The van der Waals surface area contributed by atoms with Gasteiger partial charge in [-0.1, -0.05) is 52.9 Å². The predicted molar refractivity (Wildman–Crippen MR) is 147 cm³/mol. The highest BCUT2D eigenvalue weighted by molar-refractivity contribution is 14.1. The van der Waals surface area contributed by atoms with Gasteiger partial charge in [-0.15, -0.1) is 0 Å². The maximum atomic E-state index is 13.2. The number of likely N-dealkylation sites (N-methyl/N-ethyl adjacent to an activating group) is 1. The summed E-state index contributed by atoms with van der Waals surface area (Å²) in [6.45, 7) is 4.31. The van der Waals surface area contributed by atoms with Gasteiger partial charge in [-0.3, -0.25) is 14.7 Å². The highest BCUT2D eigenvalue weighted by atomic mass is 127. The van der Waals surface area contributed by atoms with E-state index in [1.54, 1.807) is 0 Å². The van der Waals surface area contributed by atoms with Gasteiger partial charge in [0, 0.05) is 24.5 Å². The number of hydrogen-bond donors (Lipinski definition) is 2. The number of nitrogens with zero attached hydrogens (tertiary/aromatic N) is 2. The van der Waals surface area contributed by atoms with Crippen LogP contribution in [0.5, 0.6) is 11.5 Å². The Morgan fingerprint density at radius 1 is 1.26 bits per heavy atom. The normalized spacial score (nSPS) is 25.3. The molecule has 184 valence electrons. The summed E-state index contributed by atoms with van der Waals surface area (Å²) in [4.78, 5) is 20.1. The summed E-state index contributed by atoms with van der Waals surface area (Å²) < 4.78 is 12.7. The molecule has 0 radical (unpaired) electrons. The van der Waals surface area contributed by atoms with E-state index in [0.717, 1.165) is 41.5 Å². The Bertz CT molecular complexity index is 1210. The lowest BCUT2D eigenvalue weighted by Crippen LogP contribution is -2.61. The van der Waals surface area contributed by atoms with Gasteiger partial charge < -0.3 is 20.1 Å². The number of aromatic nitrogens is 1. The first-order valence-electron chi connectivity index (χ1n) is 12.0. The zero-order valence-electron chi connectivity index (χ0n) is 20.1. The molecule has 3 heterocycles. The number of rotatable bonds is 3. The molecule has 0 aliphatic carbocycles. The van der Waals surface area contributed by atoms with Crippen LogP contribution in [-0.2, 0) is 11.4 Å². The fourth-order valence-electron chi connectivity index (χ4n) is 4.82. The fraction of sp³-hybridized carbons (Fsp3) is 0.407. The van der Waals surface area contributed by atoms with Crippen molar-refractivity contribution in [1.82, 2.24) is 15.2 Å². The van der Waals surface area contributed by atoms with Crippen LogP contribution in [-0.4, -0.2) is 58.0 Å². The number of anilines is 1. The molecular formula is C27H31IN4O3. The van der Waals surface area contributed by atoms with Crippen molar-refractivity contribution < 1.29 is 14.3 Å². The third-order valence-electron chi connectivity index (χ3n) is 7.07. The summed E-state index contributed by atoms with van der Waals surface area (Å²) in [7, 11) is 2.03. The Kier molecular flexibility index (Phi) is 7.02. The Labute approximate surface area is 219 Å². The largest absolute Gasteiger partial charge is 0.488 e. The van der Waals surface area contributed by atoms with Crippen molar-refractivity contribution in [3.8, 4) is 11.5 Å². The Balaban J connectivity index is 1.50. The Morgan fingerprint density at radius 3 is 2.91 bits per heavy atom. The van der Waals surface area contributed by atoms with Gasteiger partial charge in [-0.05, 0) is 50.6 Å². The molecule has 35 heavy (non-hydrogen) atoms. The number of likely N-dealkylation sites (tertiary alicyclic amines) is 1. The van der Waals surface area contributed by atoms with Gasteiger partial charge in [0.25, 0.3) is 0 Å². The summed E-state index contributed by atoms with van der Waals surface area (Å²) in [5.74, 6) is 1.44. The van der Waals surface area contributed by atoms with E-state index in [4.69, 9.17) is 14.5 Å². The van der Waals surface area contributed by atoms with E-state index in [0.29, 0.717) is 31.3 Å². The smallest absolute Gasteiger partial charge is 0.240 e. The first kappa shape index (κ1) is 24.1. The number of hydrogen-bond acceptors (Lipinski definition) is 6. The SMILES string of the molecule is CN1CCC2CC1(C)C(=O)NCC(I)COc1c(OCc3ccccc3)ccc3ncc(cc13)N2. The molecule has 3 aromatic rings. The van der Waals surface area contributed by atoms with Crippen molar-refractivity contribution in [2.45, 2.75) is 41.9 Å². The molecule has 0 saturated carbocycles. The average molecular weight is 586 g/mol. The van der Waals surface area contributed by atoms with Crippen LogP contribution in [0.15, 0.2) is 54.7 Å². The Morgan fingerprint density at radius 2 is 2.09 bits per heavy atom. The number of alkyl halides is 1. The minimum atomic E-state index is -0.564. The molecule has 1 fully saturated rings. The van der Waals surface area contributed by atoms with Crippen LogP contribution < -0.4 is 20.1 Å². The van der Waals surface area contributed by atoms with Gasteiger partial charge in [0.05, 0.1) is 26.9 Å². The number of fused-ring (bicyclic) bond motifs is 3. The van der Waals surface area contributed by atoms with Crippen molar-refractivity contribution in [2.75, 3.05) is 32.1 Å². The first-order valence-corrected chi connectivity index (χ1v) is 13.3. The molecule has 8 heteroatoms. The summed E-state index contributed by atoms with van der Waals surface area (Å²) in [5.41, 5.74) is 2.30. The second kappa shape index (κ2) is 10.2. The lowest BCUT2D eigenvalue weighted by molar-refractivity contribution is -0.134. The van der Waals surface area contributed by atoms with Crippen molar-refractivity contribution in [3.05, 3.63) is 60.3 Å². The summed E-state index contributed by atoms with van der Waals surface area (Å²) in [6, 6.07) is 16.3. The zero-order valence-corrected chi connectivity index (χ0v) is 22.2. The first-order chi connectivity index (χ1) is 16.9. The van der Waals surface area contributed by atoms with Crippen LogP contribution >= 0.6 is 22.6 Å². The molecule has 4 bridgehead atoms. The third-order valence-corrected chi connectivity index (χ3v) is 7.87. The van der Waals surface area contributed by atoms with Crippen molar-refractivity contribution in [3.63, 3.8) is 0 Å². The molecule has 3 atom stereocenters. The van der Waals surface area contributed by atoms with Gasteiger partial charge >= 0.3 is 0 Å². The topological polar surface area (TPSA) is 75.7 Å². The molecule has 0 spiro atoms. The van der Waals surface area contributed by atoms with E-state index in [1.165, 1.54) is 0 Å². The minimum Gasteiger partial charge on any atom is -0.488 e. The number of piperidine rings is 1. The highest BCUT2D eigenvalue weighted by Crippen LogP contribution is 2.38. The lowest BCUT2D eigenvalue weighted by Gasteiger charge is -2.45. The van der Waals surface area contributed by atoms with Gasteiger partial charge in [0.1, 0.15) is 13.2 Å². The molecular weight excluding hydrogens is 555 g/mol. The second-order valence-electron chi connectivity index (χ2n) is 9.61. The number of halogens is 1. The number of carbonyl (C=O) groups excluding carboxylic acids is 1. The number of carbonyl (C=O) groups is 1. The summed E-state index contributed by atoms with van der Waals surface area (Å²) in [6.07, 6.45) is 3.54. The maximum absolute atomic E-state index is 13.2. The van der Waals surface area contributed by atoms with Crippen molar-refractivity contribution in [1.29, 1.82) is 0 Å². The number of benzene rings is 2. The number of nitrogens with one attached hydrogen (secondary N) is 2. The molecule has 2 aliphatic rings. The van der Waals surface area contributed by atoms with Gasteiger partial charge in [0.2, 0.25) is 5.91 Å². The summed E-state index contributed by atoms with van der Waals surface area (Å²) >= 11 is 2.34. The monoisotopic (exact) mass is 586 g/mol. The highest BCUT2D eigenvalue weighted by Gasteiger charge is 2.42. The minimum absolute atomic E-state index is 0.0612. The van der Waals surface area contributed by atoms with Crippen LogP contribution in [0.2, 0.25) is 0 Å². The molecule has 1 amide bonds. The quantitative estimate of drug-likeness (QED) is 0.351. The van der Waals surface area contributed by atoms with Crippen molar-refractivity contribution in [2.24, 2.45) is 0 Å². The fourth-order valence-corrected chi connectivity index (χ4v) is 5.22. The average Bonchev–Trinajstić information content (AvgIpc) is 2.87. The van der Waals surface area contributed by atoms with E-state index in [-0.39, 0.29) is 15.9 Å². The molecule has 3 unspecified atom stereocenters. The maximum Gasteiger partial charge on any atom is 0.240 e. The van der Waals surface area contributed by atoms with E-state index >= 15 is 0 Å². The second-order valence-corrected chi connectivity index (χ2v) is 11.4. The van der Waals surface area contributed by atoms with E-state index in [2.05, 4.69) is 44.2 Å². The number of amides is 1. The van der Waals surface area contributed by atoms with Crippen molar-refractivity contribution >= 4 is 45.1 Å². The van der Waals surface area contributed by atoms with E-state index in [1.807, 2.05) is 62.6 Å². The van der Waals surface area contributed by atoms with Crippen LogP contribution in [0.1, 0.15) is 25.3 Å². The van der Waals surface area contributed by atoms with Gasteiger partial charge in [0.15, 0.2) is 11.5 Å². The standard InChI is InChI=1S/C27H31IN4O3/c1-27-13-20(10-11-32(27)2)31-21-12-22-23(29-15-21)8-9-24(34-16-18-6-4-3-5-7-18)25(22)35-17-19(28)14-30-26(27)33/h3-9,12,15,19-20,31H,10-11,13-14,16-17H2,1-2H3,(H,30,33). The Hall–Kier alpha value is -2.59. The lowest BCUT2D eigenvalue weighted by atomic mass is 9.84.